The third kappa shape index (κ3) is 4.03. The van der Waals surface area contributed by atoms with Crippen molar-refractivity contribution in [2.75, 3.05) is 6.54 Å². The van der Waals surface area contributed by atoms with Gasteiger partial charge in [-0.25, -0.2) is 0 Å². The van der Waals surface area contributed by atoms with Crippen molar-refractivity contribution in [2.45, 2.75) is 38.6 Å². The summed E-state index contributed by atoms with van der Waals surface area (Å²) in [5.41, 5.74) is 6.47. The van der Waals surface area contributed by atoms with Crippen LogP contribution in [0.5, 0.6) is 0 Å². The molecule has 3 N–H and O–H groups in total. The van der Waals surface area contributed by atoms with Gasteiger partial charge in [0.05, 0.1) is 0 Å². The molecule has 0 spiro atoms. The summed E-state index contributed by atoms with van der Waals surface area (Å²) in [6.07, 6.45) is 4.83. The third-order valence-electron chi connectivity index (χ3n) is 3.12. The molecule has 2 heterocycles. The second-order valence-electron chi connectivity index (χ2n) is 5.01. The number of pyridine rings is 1. The van der Waals surface area contributed by atoms with Crippen LogP contribution in [0.15, 0.2) is 24.4 Å². The van der Waals surface area contributed by atoms with Crippen molar-refractivity contribution in [3.8, 4) is 0 Å². The van der Waals surface area contributed by atoms with Crippen LogP contribution in [0.3, 0.4) is 0 Å². The Bertz CT molecular complexity index is 563. The Morgan fingerprint density at radius 3 is 3.10 bits per heavy atom. The van der Waals surface area contributed by atoms with Gasteiger partial charge in [-0.3, -0.25) is 9.20 Å². The molecule has 20 heavy (non-hydrogen) atoms. The lowest BCUT2D eigenvalue weighted by atomic mass is 10.1. The van der Waals surface area contributed by atoms with Crippen molar-refractivity contribution < 1.29 is 4.79 Å². The van der Waals surface area contributed by atoms with Crippen molar-refractivity contribution in [1.29, 1.82) is 0 Å². The summed E-state index contributed by atoms with van der Waals surface area (Å²) in [5.74, 6) is 0.927. The molecular weight excluding hydrogens is 254 g/mol. The zero-order chi connectivity index (χ0) is 14.4. The summed E-state index contributed by atoms with van der Waals surface area (Å²) in [6, 6.07) is 5.92. The number of rotatable bonds is 7. The molecule has 0 bridgehead atoms. The van der Waals surface area contributed by atoms with Crippen LogP contribution in [0.1, 0.15) is 32.0 Å². The van der Waals surface area contributed by atoms with Crippen LogP contribution in [0.4, 0.5) is 0 Å². The summed E-state index contributed by atoms with van der Waals surface area (Å²) < 4.78 is 1.93. The van der Waals surface area contributed by atoms with Gasteiger partial charge in [0, 0.05) is 31.6 Å². The molecule has 2 aromatic rings. The van der Waals surface area contributed by atoms with Crippen LogP contribution in [0.2, 0.25) is 0 Å². The van der Waals surface area contributed by atoms with Crippen LogP contribution >= 0.6 is 0 Å². The Labute approximate surface area is 118 Å². The van der Waals surface area contributed by atoms with Crippen molar-refractivity contribution >= 4 is 11.6 Å². The highest BCUT2D eigenvalue weighted by molar-refractivity contribution is 5.75. The zero-order valence-corrected chi connectivity index (χ0v) is 11.7. The predicted octanol–water partition coefficient (Wildman–Crippen LogP) is 0.905. The number of nitrogens with two attached hydrogens (primary N) is 1. The number of nitrogens with one attached hydrogen (secondary N) is 1. The van der Waals surface area contributed by atoms with Gasteiger partial charge in [0.1, 0.15) is 5.82 Å². The number of nitrogens with zero attached hydrogens (tertiary/aromatic N) is 3. The Hall–Kier alpha value is -1.95. The Balaban J connectivity index is 1.74. The van der Waals surface area contributed by atoms with Gasteiger partial charge in [0.25, 0.3) is 0 Å². The fourth-order valence-corrected chi connectivity index (χ4v) is 2.05. The number of carbonyl (C=O) groups is 1. The van der Waals surface area contributed by atoms with E-state index in [9.17, 15) is 4.79 Å². The summed E-state index contributed by atoms with van der Waals surface area (Å²) >= 11 is 0. The average molecular weight is 275 g/mol. The molecule has 1 unspecified atom stereocenters. The molecule has 0 radical (unpaired) electrons. The van der Waals surface area contributed by atoms with E-state index < -0.39 is 0 Å². The van der Waals surface area contributed by atoms with Gasteiger partial charge in [-0.15, -0.1) is 10.2 Å². The fourth-order valence-electron chi connectivity index (χ4n) is 2.05. The molecule has 108 valence electrons. The van der Waals surface area contributed by atoms with E-state index in [1.807, 2.05) is 35.7 Å². The molecule has 6 nitrogen and oxygen atoms in total. The fraction of sp³-hybridized carbons (Fsp3) is 0.500. The van der Waals surface area contributed by atoms with Gasteiger partial charge in [0.15, 0.2) is 5.65 Å². The molecule has 2 rings (SSSR count). The maximum Gasteiger partial charge on any atom is 0.220 e. The largest absolute Gasteiger partial charge is 0.356 e. The molecule has 1 amide bonds. The SMILES string of the molecule is CC(N)CCCC(=O)NCCc1nnc2ccccn12. The van der Waals surface area contributed by atoms with Gasteiger partial charge in [-0.05, 0) is 31.9 Å². The standard InChI is InChI=1S/C14H21N5O/c1-11(15)5-4-7-14(20)16-9-8-13-18-17-12-6-2-3-10-19(12)13/h2-3,6,10-11H,4-5,7-9,15H2,1H3,(H,16,20). The number of hydrogen-bond acceptors (Lipinski definition) is 4. The molecule has 1 atom stereocenters. The molecule has 0 aliphatic rings. The Kier molecular flexibility index (Phi) is 5.06. The first kappa shape index (κ1) is 14.5. The number of aromatic nitrogens is 3. The molecule has 0 saturated carbocycles. The second kappa shape index (κ2) is 7.00. The zero-order valence-electron chi connectivity index (χ0n) is 11.7. The van der Waals surface area contributed by atoms with E-state index >= 15 is 0 Å². The van der Waals surface area contributed by atoms with Crippen molar-refractivity contribution in [3.63, 3.8) is 0 Å². The summed E-state index contributed by atoms with van der Waals surface area (Å²) in [4.78, 5) is 11.6. The van der Waals surface area contributed by atoms with Gasteiger partial charge < -0.3 is 11.1 Å². The quantitative estimate of drug-likeness (QED) is 0.786. The van der Waals surface area contributed by atoms with E-state index in [0.717, 1.165) is 24.3 Å². The molecule has 0 aliphatic heterocycles. The van der Waals surface area contributed by atoms with E-state index in [1.54, 1.807) is 0 Å². The van der Waals surface area contributed by atoms with Crippen LogP contribution in [0, 0.1) is 0 Å². The van der Waals surface area contributed by atoms with Crippen LogP contribution in [-0.4, -0.2) is 33.1 Å². The Morgan fingerprint density at radius 2 is 2.30 bits per heavy atom. The molecule has 0 aliphatic carbocycles. The van der Waals surface area contributed by atoms with Crippen molar-refractivity contribution in [3.05, 3.63) is 30.2 Å². The first-order chi connectivity index (χ1) is 9.66. The molecule has 0 saturated heterocycles. The van der Waals surface area contributed by atoms with E-state index in [-0.39, 0.29) is 11.9 Å². The highest BCUT2D eigenvalue weighted by Gasteiger charge is 2.06. The highest BCUT2D eigenvalue weighted by Crippen LogP contribution is 2.03. The lowest BCUT2D eigenvalue weighted by molar-refractivity contribution is -0.121. The number of carbonyl (C=O) groups excluding carboxylic acids is 1. The van der Waals surface area contributed by atoms with Crippen LogP contribution in [-0.2, 0) is 11.2 Å². The van der Waals surface area contributed by atoms with Gasteiger partial charge in [-0.2, -0.15) is 0 Å². The molecule has 2 aromatic heterocycles. The molecule has 6 heteroatoms. The molecular formula is C14H21N5O. The third-order valence-corrected chi connectivity index (χ3v) is 3.12. The first-order valence-electron chi connectivity index (χ1n) is 6.98. The number of hydrogen-bond donors (Lipinski definition) is 2. The monoisotopic (exact) mass is 275 g/mol. The van der Waals surface area contributed by atoms with Crippen LogP contribution in [0.25, 0.3) is 5.65 Å². The lowest BCUT2D eigenvalue weighted by Crippen LogP contribution is -2.26. The minimum atomic E-state index is 0.0690. The van der Waals surface area contributed by atoms with Crippen molar-refractivity contribution in [1.82, 2.24) is 19.9 Å². The molecule has 0 fully saturated rings. The minimum Gasteiger partial charge on any atom is -0.356 e. The topological polar surface area (TPSA) is 85.3 Å². The van der Waals surface area contributed by atoms with Gasteiger partial charge in [0.2, 0.25) is 5.91 Å². The molecule has 0 aromatic carbocycles. The Morgan fingerprint density at radius 1 is 1.45 bits per heavy atom. The smallest absolute Gasteiger partial charge is 0.220 e. The maximum atomic E-state index is 11.6. The van der Waals surface area contributed by atoms with E-state index in [2.05, 4.69) is 15.5 Å². The highest BCUT2D eigenvalue weighted by atomic mass is 16.1. The average Bonchev–Trinajstić information content (AvgIpc) is 2.82. The van der Waals surface area contributed by atoms with E-state index in [4.69, 9.17) is 5.73 Å². The minimum absolute atomic E-state index is 0.0690. The van der Waals surface area contributed by atoms with Gasteiger partial charge >= 0.3 is 0 Å². The predicted molar refractivity (Wildman–Crippen MR) is 77.2 cm³/mol. The maximum absolute atomic E-state index is 11.6. The first-order valence-corrected chi connectivity index (χ1v) is 6.98. The summed E-state index contributed by atoms with van der Waals surface area (Å²) in [6.45, 7) is 2.53. The van der Waals surface area contributed by atoms with Crippen LogP contribution < -0.4 is 11.1 Å². The van der Waals surface area contributed by atoms with E-state index in [0.29, 0.717) is 19.4 Å². The summed E-state index contributed by atoms with van der Waals surface area (Å²) in [5, 5.41) is 11.1. The van der Waals surface area contributed by atoms with Crippen molar-refractivity contribution in [2.24, 2.45) is 5.73 Å². The lowest BCUT2D eigenvalue weighted by Gasteiger charge is -2.06. The second-order valence-corrected chi connectivity index (χ2v) is 5.01. The van der Waals surface area contributed by atoms with Gasteiger partial charge in [-0.1, -0.05) is 6.07 Å². The summed E-state index contributed by atoms with van der Waals surface area (Å²) in [7, 11) is 0. The normalized spacial score (nSPS) is 12.5. The van der Waals surface area contributed by atoms with E-state index in [1.165, 1.54) is 0 Å². The number of amides is 1. The number of fused-ring (bicyclic) bond motifs is 1.